The number of fused-ring (bicyclic) bond motifs is 2. The quantitative estimate of drug-likeness (QED) is 0.133. The first-order valence-corrected chi connectivity index (χ1v) is 12.7. The molecule has 0 saturated carbocycles. The number of hydrogen-bond acceptors (Lipinski definition) is 11. The van der Waals surface area contributed by atoms with Gasteiger partial charge in [0.05, 0.1) is 5.56 Å². The van der Waals surface area contributed by atoms with E-state index in [1.54, 1.807) is 0 Å². The maximum Gasteiger partial charge on any atom is 0.308 e. The van der Waals surface area contributed by atoms with Crippen molar-refractivity contribution in [2.24, 2.45) is 0 Å². The Morgan fingerprint density at radius 1 is 0.651 bits per heavy atom. The van der Waals surface area contributed by atoms with Crippen LogP contribution in [0.25, 0.3) is 55.7 Å². The molecule has 4 aromatic carbocycles. The van der Waals surface area contributed by atoms with Gasteiger partial charge < -0.3 is 39.1 Å². The molecule has 0 saturated heterocycles. The summed E-state index contributed by atoms with van der Waals surface area (Å²) >= 11 is 0. The van der Waals surface area contributed by atoms with Crippen LogP contribution in [0.15, 0.2) is 91.2 Å². The lowest BCUT2D eigenvalue weighted by Crippen LogP contribution is -2.06. The topological polar surface area (TPSA) is 188 Å². The molecule has 0 atom stereocenters. The molecule has 214 valence electrons. The third kappa shape index (κ3) is 4.74. The number of rotatable bonds is 4. The fourth-order valence-electron chi connectivity index (χ4n) is 4.83. The first-order chi connectivity index (χ1) is 20.5. The van der Waals surface area contributed by atoms with Crippen molar-refractivity contribution in [3.05, 3.63) is 93.2 Å². The number of hydrogen-bond donors (Lipinski definition) is 5. The van der Waals surface area contributed by atoms with Crippen molar-refractivity contribution in [3.63, 3.8) is 0 Å². The molecule has 43 heavy (non-hydrogen) atoms. The lowest BCUT2D eigenvalue weighted by atomic mass is 9.96. The van der Waals surface area contributed by atoms with Gasteiger partial charge in [-0.05, 0) is 42.5 Å². The van der Waals surface area contributed by atoms with Crippen LogP contribution in [0.3, 0.4) is 0 Å². The molecule has 11 nitrogen and oxygen atoms in total. The van der Waals surface area contributed by atoms with E-state index in [4.69, 9.17) is 13.6 Å². The Bertz CT molecular complexity index is 2230. The Labute approximate surface area is 240 Å². The molecule has 0 aliphatic heterocycles. The molecule has 0 amide bonds. The molecule has 0 spiro atoms. The number of phenols is 5. The predicted octanol–water partition coefficient (Wildman–Crippen LogP) is 5.35. The van der Waals surface area contributed by atoms with Gasteiger partial charge in [0.15, 0.2) is 10.9 Å². The molecule has 2 aromatic heterocycles. The molecule has 0 aliphatic carbocycles. The highest BCUT2D eigenvalue weighted by atomic mass is 16.5. The van der Waals surface area contributed by atoms with E-state index in [1.165, 1.54) is 48.5 Å². The van der Waals surface area contributed by atoms with Gasteiger partial charge in [0.1, 0.15) is 68.0 Å². The van der Waals surface area contributed by atoms with Crippen LogP contribution in [0.4, 0.5) is 0 Å². The summed E-state index contributed by atoms with van der Waals surface area (Å²) in [7, 11) is 0. The summed E-state index contributed by atoms with van der Waals surface area (Å²) in [4.78, 5) is 38.1. The highest BCUT2D eigenvalue weighted by molar-refractivity contribution is 5.98. The SMILES string of the molecule is CC(=O)Oc1cc2oc(-c3ccc(O)cc3)cc(=O)c2c(O)c1-c1cc(-c2cc(=O)c3c(O)cc(O)cc3o2)ccc1O. The molecular weight excluding hydrogens is 560 g/mol. The van der Waals surface area contributed by atoms with Gasteiger partial charge in [-0.3, -0.25) is 14.4 Å². The summed E-state index contributed by atoms with van der Waals surface area (Å²) < 4.78 is 17.0. The highest BCUT2D eigenvalue weighted by Gasteiger charge is 2.24. The normalized spacial score (nSPS) is 11.2. The largest absolute Gasteiger partial charge is 0.508 e. The van der Waals surface area contributed by atoms with E-state index in [0.717, 1.165) is 31.2 Å². The Morgan fingerprint density at radius 3 is 1.93 bits per heavy atom. The molecule has 6 aromatic rings. The van der Waals surface area contributed by atoms with Crippen LogP contribution in [0, 0.1) is 0 Å². The van der Waals surface area contributed by atoms with Crippen molar-refractivity contribution in [2.75, 3.05) is 0 Å². The molecule has 6 rings (SSSR count). The summed E-state index contributed by atoms with van der Waals surface area (Å²) in [6, 6.07) is 15.5. The van der Waals surface area contributed by atoms with Gasteiger partial charge in [-0.25, -0.2) is 0 Å². The summed E-state index contributed by atoms with van der Waals surface area (Å²) in [6.45, 7) is 1.12. The first kappa shape index (κ1) is 27.0. The lowest BCUT2D eigenvalue weighted by Gasteiger charge is -2.16. The van der Waals surface area contributed by atoms with Crippen LogP contribution >= 0.6 is 0 Å². The molecule has 0 aliphatic rings. The summed E-state index contributed by atoms with van der Waals surface area (Å²) in [5.74, 6) is -2.75. The van der Waals surface area contributed by atoms with Crippen molar-refractivity contribution in [3.8, 4) is 68.3 Å². The summed E-state index contributed by atoms with van der Waals surface area (Å²) in [5.41, 5.74) is -1.11. The molecule has 5 N–H and O–H groups in total. The molecule has 11 heteroatoms. The van der Waals surface area contributed by atoms with Crippen LogP contribution in [-0.2, 0) is 4.79 Å². The van der Waals surface area contributed by atoms with Crippen molar-refractivity contribution >= 4 is 27.9 Å². The zero-order valence-corrected chi connectivity index (χ0v) is 22.1. The molecule has 0 bridgehead atoms. The van der Waals surface area contributed by atoms with Gasteiger partial charge in [0.2, 0.25) is 0 Å². The second kappa shape index (κ2) is 10.00. The second-order valence-corrected chi connectivity index (χ2v) is 9.63. The van der Waals surface area contributed by atoms with Gasteiger partial charge in [-0.15, -0.1) is 0 Å². The maximum absolute atomic E-state index is 13.2. The van der Waals surface area contributed by atoms with E-state index in [1.807, 2.05) is 0 Å². The van der Waals surface area contributed by atoms with E-state index < -0.39 is 28.3 Å². The fourth-order valence-corrected chi connectivity index (χ4v) is 4.83. The standard InChI is InChI=1S/C32H20O11/c1-14(33)41-27-13-28-31(23(39)12-24(42-28)15-2-5-17(34)6-3-15)32(40)29(27)19-8-16(4-7-20(19)36)25-11-22(38)30-21(37)9-18(35)10-26(30)43-25/h2-13,34-37,40H,1H3. The van der Waals surface area contributed by atoms with E-state index >= 15 is 0 Å². The zero-order valence-electron chi connectivity index (χ0n) is 22.1. The Hall–Kier alpha value is -6.23. The minimum atomic E-state index is -0.771. The minimum absolute atomic E-state index is 0.00705. The second-order valence-electron chi connectivity index (χ2n) is 9.63. The third-order valence-electron chi connectivity index (χ3n) is 6.71. The van der Waals surface area contributed by atoms with E-state index in [9.17, 15) is 39.9 Å². The molecule has 0 radical (unpaired) electrons. The van der Waals surface area contributed by atoms with Gasteiger partial charge >= 0.3 is 5.97 Å². The van der Waals surface area contributed by atoms with Crippen LogP contribution in [0.1, 0.15) is 6.92 Å². The van der Waals surface area contributed by atoms with Crippen LogP contribution in [-0.4, -0.2) is 31.5 Å². The number of esters is 1. The predicted molar refractivity (Wildman–Crippen MR) is 154 cm³/mol. The van der Waals surface area contributed by atoms with Gasteiger partial charge in [-0.2, -0.15) is 0 Å². The molecular formula is C32H20O11. The first-order valence-electron chi connectivity index (χ1n) is 12.7. The smallest absolute Gasteiger partial charge is 0.308 e. The van der Waals surface area contributed by atoms with E-state index in [-0.39, 0.29) is 73.1 Å². The van der Waals surface area contributed by atoms with Crippen molar-refractivity contribution in [1.82, 2.24) is 0 Å². The van der Waals surface area contributed by atoms with Crippen LogP contribution in [0.5, 0.6) is 34.5 Å². The van der Waals surface area contributed by atoms with E-state index in [2.05, 4.69) is 0 Å². The number of phenolic OH excluding ortho intramolecular Hbond substituents is 5. The lowest BCUT2D eigenvalue weighted by molar-refractivity contribution is -0.131. The number of benzene rings is 4. The molecule has 0 unspecified atom stereocenters. The summed E-state index contributed by atoms with van der Waals surface area (Å²) in [5, 5.41) is 51.4. The number of ether oxygens (including phenoxy) is 1. The maximum atomic E-state index is 13.2. The zero-order chi connectivity index (χ0) is 30.6. The summed E-state index contributed by atoms with van der Waals surface area (Å²) in [6.07, 6.45) is 0. The van der Waals surface area contributed by atoms with Crippen LogP contribution < -0.4 is 15.6 Å². The Kier molecular flexibility index (Phi) is 6.27. The monoisotopic (exact) mass is 580 g/mol. The molecule has 0 fully saturated rings. The average molecular weight is 581 g/mol. The Morgan fingerprint density at radius 2 is 1.26 bits per heavy atom. The number of carbonyl (C=O) groups excluding carboxylic acids is 1. The highest BCUT2D eigenvalue weighted by Crippen LogP contribution is 2.47. The minimum Gasteiger partial charge on any atom is -0.508 e. The van der Waals surface area contributed by atoms with Crippen molar-refractivity contribution in [1.29, 1.82) is 0 Å². The van der Waals surface area contributed by atoms with Crippen molar-refractivity contribution < 1.29 is 43.9 Å². The van der Waals surface area contributed by atoms with Gasteiger partial charge in [-0.1, -0.05) is 0 Å². The number of aromatic hydroxyl groups is 5. The van der Waals surface area contributed by atoms with E-state index in [0.29, 0.717) is 5.56 Å². The average Bonchev–Trinajstić information content (AvgIpc) is 2.93. The van der Waals surface area contributed by atoms with Gasteiger partial charge in [0, 0.05) is 53.9 Å². The van der Waals surface area contributed by atoms with Crippen LogP contribution in [0.2, 0.25) is 0 Å². The fraction of sp³-hybridized carbons (Fsp3) is 0.0312. The Balaban J connectivity index is 1.58. The number of carbonyl (C=O) groups is 1. The van der Waals surface area contributed by atoms with Crippen molar-refractivity contribution in [2.45, 2.75) is 6.92 Å². The third-order valence-corrected chi connectivity index (χ3v) is 6.71. The molecule has 2 heterocycles. The van der Waals surface area contributed by atoms with Gasteiger partial charge in [0.25, 0.3) is 0 Å².